The van der Waals surface area contributed by atoms with Crippen molar-refractivity contribution >= 4 is 5.97 Å². The zero-order valence-corrected chi connectivity index (χ0v) is 8.48. The molecule has 0 aliphatic carbocycles. The standard InChI is InChI=1S/C2H4O2.K.2Li.3H/c1-2(3)4;;;;;;/h1H3,(H,3,4);;;;;;/q;3*+1;3*-1. The Bertz CT molecular complexity index is 45.5. The summed E-state index contributed by atoms with van der Waals surface area (Å²) >= 11 is 0. The van der Waals surface area contributed by atoms with E-state index in [0.717, 1.165) is 6.92 Å². The molecule has 7 heavy (non-hydrogen) atoms. The van der Waals surface area contributed by atoms with Crippen molar-refractivity contribution in [1.29, 1.82) is 0 Å². The molecule has 30 valence electrons. The van der Waals surface area contributed by atoms with Crippen LogP contribution >= 0.6 is 0 Å². The molecule has 0 aromatic heterocycles. The molecule has 5 heteroatoms. The van der Waals surface area contributed by atoms with Crippen LogP contribution in [-0.4, -0.2) is 11.1 Å². The molecule has 0 fully saturated rings. The van der Waals surface area contributed by atoms with Crippen LogP contribution < -0.4 is 89.1 Å². The summed E-state index contributed by atoms with van der Waals surface area (Å²) in [5.74, 6) is -0.833. The summed E-state index contributed by atoms with van der Waals surface area (Å²) < 4.78 is 0. The van der Waals surface area contributed by atoms with Gasteiger partial charge in [0.15, 0.2) is 0 Å². The van der Waals surface area contributed by atoms with Gasteiger partial charge in [-0.1, -0.05) is 0 Å². The Morgan fingerprint density at radius 3 is 1.57 bits per heavy atom. The van der Waals surface area contributed by atoms with Gasteiger partial charge in [-0.05, 0) is 0 Å². The largest absolute Gasteiger partial charge is 1.00 e. The molecule has 0 aliphatic heterocycles. The van der Waals surface area contributed by atoms with Gasteiger partial charge in [-0.2, -0.15) is 0 Å². The van der Waals surface area contributed by atoms with Crippen LogP contribution in [0.1, 0.15) is 11.2 Å². The third-order valence-electron chi connectivity index (χ3n) is 0. The molecule has 0 heterocycles. The maximum Gasteiger partial charge on any atom is 1.00 e. The fourth-order valence-corrected chi connectivity index (χ4v) is 0. The number of hydrogen-bond donors (Lipinski definition) is 1. The topological polar surface area (TPSA) is 37.3 Å². The van der Waals surface area contributed by atoms with E-state index in [1.165, 1.54) is 0 Å². The van der Waals surface area contributed by atoms with Gasteiger partial charge in [0, 0.05) is 6.92 Å². The molecule has 0 aromatic carbocycles. The molecular weight excluding hydrogens is 109 g/mol. The second kappa shape index (κ2) is 15.7. The van der Waals surface area contributed by atoms with Crippen LogP contribution in [0.3, 0.4) is 0 Å². The Labute approximate surface area is 114 Å². The van der Waals surface area contributed by atoms with Crippen molar-refractivity contribution in [2.75, 3.05) is 0 Å². The van der Waals surface area contributed by atoms with Crippen molar-refractivity contribution < 1.29 is 103 Å². The molecule has 0 saturated carbocycles. The van der Waals surface area contributed by atoms with Gasteiger partial charge in [0.25, 0.3) is 5.97 Å². The van der Waals surface area contributed by atoms with E-state index >= 15 is 0 Å². The zero-order chi connectivity index (χ0) is 3.58. The van der Waals surface area contributed by atoms with E-state index in [9.17, 15) is 0 Å². The van der Waals surface area contributed by atoms with Gasteiger partial charge in [0.1, 0.15) is 0 Å². The molecule has 0 atom stereocenters. The molecule has 0 spiro atoms. The van der Waals surface area contributed by atoms with Crippen LogP contribution in [0, 0.1) is 0 Å². The first kappa shape index (κ1) is 22.8. The van der Waals surface area contributed by atoms with Crippen molar-refractivity contribution in [3.63, 3.8) is 0 Å². The predicted octanol–water partition coefficient (Wildman–Crippen LogP) is -8.56. The number of carboxylic acids is 1. The van der Waals surface area contributed by atoms with Crippen molar-refractivity contribution in [3.8, 4) is 0 Å². The molecule has 1 N–H and O–H groups in total. The SMILES string of the molecule is CC(=O)O.[H-].[H-].[H-].[K+].[Li+].[Li+]. The van der Waals surface area contributed by atoms with Crippen LogP contribution in [0.15, 0.2) is 0 Å². The van der Waals surface area contributed by atoms with E-state index in [0.29, 0.717) is 0 Å². The maximum atomic E-state index is 9.00. The Morgan fingerprint density at radius 1 is 1.57 bits per heavy atom. The number of aliphatic carboxylic acids is 1. The van der Waals surface area contributed by atoms with E-state index in [-0.39, 0.29) is 93.4 Å². The van der Waals surface area contributed by atoms with Gasteiger partial charge in [-0.25, -0.2) is 0 Å². The normalized spacial score (nSPS) is 3.57. The van der Waals surface area contributed by atoms with Crippen molar-refractivity contribution in [3.05, 3.63) is 0 Å². The van der Waals surface area contributed by atoms with Gasteiger partial charge >= 0.3 is 89.1 Å². The molecule has 0 aromatic rings. The minimum Gasteiger partial charge on any atom is -1.00 e. The summed E-state index contributed by atoms with van der Waals surface area (Å²) in [6.07, 6.45) is 0. The molecule has 0 aliphatic rings. The van der Waals surface area contributed by atoms with Crippen LogP contribution in [-0.2, 0) is 4.79 Å². The monoisotopic (exact) mass is 116 g/mol. The van der Waals surface area contributed by atoms with Crippen LogP contribution in [0.4, 0.5) is 0 Å². The molecule has 0 bridgehead atoms. The fourth-order valence-electron chi connectivity index (χ4n) is 0. The predicted molar refractivity (Wildman–Crippen MR) is 16.6 cm³/mol. The minimum absolute atomic E-state index is 0. The first-order valence-electron chi connectivity index (χ1n) is 0.928. The van der Waals surface area contributed by atoms with Gasteiger partial charge in [0.05, 0.1) is 0 Å². The van der Waals surface area contributed by atoms with Gasteiger partial charge < -0.3 is 9.39 Å². The van der Waals surface area contributed by atoms with Crippen LogP contribution in [0.5, 0.6) is 0 Å². The van der Waals surface area contributed by atoms with Crippen molar-refractivity contribution in [1.82, 2.24) is 0 Å². The molecular formula is C2H7KLi2O2. The number of hydrogen-bond acceptors (Lipinski definition) is 1. The number of carbonyl (C=O) groups is 1. The maximum absolute atomic E-state index is 9.00. The zero-order valence-electron chi connectivity index (χ0n) is 8.36. The molecule has 2 nitrogen and oxygen atoms in total. The smallest absolute Gasteiger partial charge is 1.00 e. The Balaban J connectivity index is -0.00000000300. The number of rotatable bonds is 0. The average molecular weight is 116 g/mol. The Kier molecular flexibility index (Phi) is 51.3. The molecule has 0 rings (SSSR count). The first-order chi connectivity index (χ1) is 1.73. The second-order valence-electron chi connectivity index (χ2n) is 0.519. The van der Waals surface area contributed by atoms with Crippen molar-refractivity contribution in [2.24, 2.45) is 0 Å². The van der Waals surface area contributed by atoms with E-state index in [1.54, 1.807) is 0 Å². The van der Waals surface area contributed by atoms with E-state index in [4.69, 9.17) is 9.90 Å². The Hall–Kier alpha value is 2.30. The second-order valence-corrected chi connectivity index (χ2v) is 0.519. The van der Waals surface area contributed by atoms with Gasteiger partial charge in [0.2, 0.25) is 0 Å². The van der Waals surface area contributed by atoms with Crippen molar-refractivity contribution in [2.45, 2.75) is 6.92 Å². The summed E-state index contributed by atoms with van der Waals surface area (Å²) in [5.41, 5.74) is 0. The van der Waals surface area contributed by atoms with E-state index in [2.05, 4.69) is 0 Å². The Morgan fingerprint density at radius 2 is 1.57 bits per heavy atom. The van der Waals surface area contributed by atoms with Gasteiger partial charge in [-0.15, -0.1) is 0 Å². The molecule has 0 radical (unpaired) electrons. The minimum atomic E-state index is -0.833. The third kappa shape index (κ3) is 62.2. The average Bonchev–Trinajstić information content (AvgIpc) is 0.811. The van der Waals surface area contributed by atoms with E-state index in [1.807, 2.05) is 0 Å². The quantitative estimate of drug-likeness (QED) is 0.319. The summed E-state index contributed by atoms with van der Waals surface area (Å²) in [7, 11) is 0. The van der Waals surface area contributed by atoms with E-state index < -0.39 is 5.97 Å². The van der Waals surface area contributed by atoms with Gasteiger partial charge in [-0.3, -0.25) is 4.79 Å². The van der Waals surface area contributed by atoms with Crippen LogP contribution in [0.25, 0.3) is 0 Å². The molecule has 0 amide bonds. The first-order valence-corrected chi connectivity index (χ1v) is 0.928. The third-order valence-corrected chi connectivity index (χ3v) is 0. The molecule has 0 saturated heterocycles. The summed E-state index contributed by atoms with van der Waals surface area (Å²) in [4.78, 5) is 9.00. The summed E-state index contributed by atoms with van der Waals surface area (Å²) in [6, 6.07) is 0. The van der Waals surface area contributed by atoms with Crippen LogP contribution in [0.2, 0.25) is 0 Å². The summed E-state index contributed by atoms with van der Waals surface area (Å²) in [6.45, 7) is 1.08. The molecule has 0 unspecified atom stereocenters. The summed E-state index contributed by atoms with van der Waals surface area (Å²) in [5, 5.41) is 7.42. The fraction of sp³-hybridized carbons (Fsp3) is 0.500. The number of carboxylic acid groups (broad SMARTS) is 1.